The summed E-state index contributed by atoms with van der Waals surface area (Å²) in [7, 11) is -3.30. The van der Waals surface area contributed by atoms with Crippen molar-refractivity contribution >= 4 is 49.9 Å². The molecule has 0 aliphatic carbocycles. The minimum atomic E-state index is -3.30. The maximum Gasteiger partial charge on any atom is 0.347 e. The van der Waals surface area contributed by atoms with Crippen molar-refractivity contribution in [2.75, 3.05) is 62.8 Å². The number of anilines is 3. The highest BCUT2D eigenvalue weighted by Gasteiger charge is 2.25. The molecule has 42 heavy (non-hydrogen) atoms. The first-order valence-electron chi connectivity index (χ1n) is 13.5. The molecule has 1 amide bonds. The zero-order chi connectivity index (χ0) is 29.9. The Morgan fingerprint density at radius 2 is 1.76 bits per heavy atom. The van der Waals surface area contributed by atoms with Gasteiger partial charge in [-0.2, -0.15) is 4.98 Å². The van der Waals surface area contributed by atoms with Crippen LogP contribution in [0.4, 0.5) is 16.9 Å². The Morgan fingerprint density at radius 1 is 1.05 bits per heavy atom. The van der Waals surface area contributed by atoms with Crippen LogP contribution in [0.25, 0.3) is 0 Å². The molecule has 224 valence electrons. The van der Waals surface area contributed by atoms with Gasteiger partial charge in [0.1, 0.15) is 10.7 Å². The summed E-state index contributed by atoms with van der Waals surface area (Å²) in [5.74, 6) is -0.130. The minimum absolute atomic E-state index is 0.0657. The number of carbonyl (C=O) groups excluding carboxylic acids is 1. The first-order valence-corrected chi connectivity index (χ1v) is 16.3. The van der Waals surface area contributed by atoms with Crippen LogP contribution in [-0.2, 0) is 38.8 Å². The van der Waals surface area contributed by atoms with Crippen molar-refractivity contribution in [1.82, 2.24) is 24.8 Å². The lowest BCUT2D eigenvalue weighted by Gasteiger charge is -2.29. The van der Waals surface area contributed by atoms with E-state index in [9.17, 15) is 23.1 Å². The number of hydrogen-bond acceptors (Lipinski definition) is 12. The van der Waals surface area contributed by atoms with Gasteiger partial charge in [0.2, 0.25) is 11.9 Å². The third-order valence-corrected chi connectivity index (χ3v) is 9.37. The molecule has 1 saturated heterocycles. The van der Waals surface area contributed by atoms with Crippen molar-refractivity contribution in [3.8, 4) is 0 Å². The Hall–Kier alpha value is -3.66. The molecule has 0 unspecified atom stereocenters. The molecule has 13 nitrogen and oxygen atoms in total. The van der Waals surface area contributed by atoms with E-state index in [0.29, 0.717) is 68.9 Å². The van der Waals surface area contributed by atoms with Gasteiger partial charge in [-0.15, -0.1) is 0 Å². The molecule has 0 atom stereocenters. The molecule has 1 aromatic carbocycles. The van der Waals surface area contributed by atoms with E-state index in [-0.39, 0.29) is 21.6 Å². The average Bonchev–Trinajstić information content (AvgIpc) is 3.18. The lowest BCUT2D eigenvalue weighted by molar-refractivity contribution is -0.133. The molecule has 4 heterocycles. The second-order valence-electron chi connectivity index (χ2n) is 10.2. The number of carbonyl (C=O) groups is 2. The van der Waals surface area contributed by atoms with E-state index in [2.05, 4.69) is 20.5 Å². The summed E-state index contributed by atoms with van der Waals surface area (Å²) in [5.41, 5.74) is 2.95. The van der Waals surface area contributed by atoms with E-state index >= 15 is 0 Å². The van der Waals surface area contributed by atoms with E-state index in [4.69, 9.17) is 14.7 Å². The second-order valence-corrected chi connectivity index (χ2v) is 13.2. The molecular formula is C27H33N7O6S2. The van der Waals surface area contributed by atoms with E-state index in [0.717, 1.165) is 41.2 Å². The van der Waals surface area contributed by atoms with Gasteiger partial charge in [0, 0.05) is 51.0 Å². The number of aromatic carboxylic acids is 1. The third-order valence-electron chi connectivity index (χ3n) is 7.18. The summed E-state index contributed by atoms with van der Waals surface area (Å²) in [6.07, 6.45) is 2.25. The molecule has 2 aliphatic rings. The number of nitrogens with zero attached hydrogens (tertiary/aromatic N) is 5. The number of nitrogens with one attached hydrogen (secondary N) is 2. The first-order chi connectivity index (χ1) is 20.1. The number of aromatic nitrogens is 3. The number of carboxylic acids is 1. The molecule has 0 saturated carbocycles. The van der Waals surface area contributed by atoms with Crippen LogP contribution in [-0.4, -0.2) is 102 Å². The smallest absolute Gasteiger partial charge is 0.347 e. The number of hydrogen-bond donors (Lipinski definition) is 3. The summed E-state index contributed by atoms with van der Waals surface area (Å²) in [6, 6.07) is 6.64. The van der Waals surface area contributed by atoms with Gasteiger partial charge in [-0.3, -0.25) is 15.0 Å². The molecule has 3 N–H and O–H groups in total. The van der Waals surface area contributed by atoms with Crippen LogP contribution >= 0.6 is 11.3 Å². The van der Waals surface area contributed by atoms with Crippen LogP contribution in [0, 0.1) is 6.92 Å². The highest BCUT2D eigenvalue weighted by molar-refractivity contribution is 7.90. The quantitative estimate of drug-likeness (QED) is 0.321. The molecule has 0 spiro atoms. The third kappa shape index (κ3) is 7.21. The van der Waals surface area contributed by atoms with Gasteiger partial charge < -0.3 is 20.1 Å². The number of benzene rings is 1. The molecular weight excluding hydrogens is 582 g/mol. The molecule has 0 bridgehead atoms. The van der Waals surface area contributed by atoms with Crippen LogP contribution in [0.3, 0.4) is 0 Å². The summed E-state index contributed by atoms with van der Waals surface area (Å²) >= 11 is 1.01. The van der Waals surface area contributed by atoms with Gasteiger partial charge >= 0.3 is 5.97 Å². The van der Waals surface area contributed by atoms with Crippen molar-refractivity contribution in [1.29, 1.82) is 0 Å². The van der Waals surface area contributed by atoms with Crippen LogP contribution in [0.5, 0.6) is 0 Å². The standard InChI is InChI=1S/C27H33N7O6S2/c1-17-23(25(36)37)41-27(29-17)32-26-30-21-8-10-34(22(35)16-33-11-13-40-14-12-33)9-7-20(21)24(31-26)28-15-18-3-5-19(6-4-18)42(2,38)39/h3-6H,7-16H2,1-2H3,(H,36,37)(H2,28,29,30,31,32). The number of fused-ring (bicyclic) bond motifs is 1. The number of thiazole rings is 1. The topological polar surface area (TPSA) is 167 Å². The number of ether oxygens (including phenoxy) is 1. The summed E-state index contributed by atoms with van der Waals surface area (Å²) in [5, 5.41) is 16.2. The Kier molecular flexibility index (Phi) is 9.01. The fourth-order valence-corrected chi connectivity index (χ4v) is 6.31. The molecule has 3 aromatic rings. The number of morpholine rings is 1. The van der Waals surface area contributed by atoms with Gasteiger partial charge in [-0.05, 0) is 31.0 Å². The van der Waals surface area contributed by atoms with Gasteiger partial charge in [0.05, 0.1) is 36.0 Å². The fourth-order valence-electron chi connectivity index (χ4n) is 4.89. The van der Waals surface area contributed by atoms with E-state index in [1.807, 2.05) is 4.90 Å². The lowest BCUT2D eigenvalue weighted by atomic mass is 10.1. The van der Waals surface area contributed by atoms with E-state index in [1.54, 1.807) is 31.2 Å². The summed E-state index contributed by atoms with van der Waals surface area (Å²) in [6.45, 7) is 6.13. The van der Waals surface area contributed by atoms with E-state index in [1.165, 1.54) is 6.26 Å². The normalized spacial score (nSPS) is 16.0. The van der Waals surface area contributed by atoms with Crippen LogP contribution in [0.2, 0.25) is 0 Å². The number of carboxylic acid groups (broad SMARTS) is 1. The van der Waals surface area contributed by atoms with Crippen LogP contribution < -0.4 is 10.6 Å². The van der Waals surface area contributed by atoms with Crippen molar-refractivity contribution < 1.29 is 27.9 Å². The predicted octanol–water partition coefficient (Wildman–Crippen LogP) is 1.96. The summed E-state index contributed by atoms with van der Waals surface area (Å²) < 4.78 is 29.1. The number of rotatable bonds is 9. The van der Waals surface area contributed by atoms with E-state index < -0.39 is 15.8 Å². The number of aryl methyl sites for hydroxylation is 1. The highest BCUT2D eigenvalue weighted by Crippen LogP contribution is 2.28. The Morgan fingerprint density at radius 3 is 2.43 bits per heavy atom. The zero-order valence-corrected chi connectivity index (χ0v) is 25.1. The van der Waals surface area contributed by atoms with Crippen molar-refractivity contribution in [3.05, 3.63) is 51.7 Å². The summed E-state index contributed by atoms with van der Waals surface area (Å²) in [4.78, 5) is 42.8. The van der Waals surface area contributed by atoms with Crippen molar-refractivity contribution in [2.45, 2.75) is 31.2 Å². The van der Waals surface area contributed by atoms with Gasteiger partial charge in [0.15, 0.2) is 15.0 Å². The fraction of sp³-hybridized carbons (Fsp3) is 0.444. The monoisotopic (exact) mass is 615 g/mol. The zero-order valence-electron chi connectivity index (χ0n) is 23.4. The van der Waals surface area contributed by atoms with Crippen molar-refractivity contribution in [3.63, 3.8) is 0 Å². The Bertz CT molecular complexity index is 1570. The van der Waals surface area contributed by atoms with Crippen molar-refractivity contribution in [2.24, 2.45) is 0 Å². The van der Waals surface area contributed by atoms with Gasteiger partial charge in [-0.25, -0.2) is 23.2 Å². The molecule has 5 rings (SSSR count). The predicted molar refractivity (Wildman–Crippen MR) is 157 cm³/mol. The number of sulfone groups is 1. The second kappa shape index (κ2) is 12.7. The molecule has 1 fully saturated rings. The number of amides is 1. The molecule has 2 aliphatic heterocycles. The molecule has 0 radical (unpaired) electrons. The molecule has 15 heteroatoms. The largest absolute Gasteiger partial charge is 0.477 e. The molecule has 2 aromatic heterocycles. The van der Waals surface area contributed by atoms with Crippen LogP contribution in [0.1, 0.15) is 32.2 Å². The SMILES string of the molecule is Cc1nc(Nc2nc3c(c(NCc4ccc(S(C)(=O)=O)cc4)n2)CCN(C(=O)CN2CCOCC2)CC3)sc1C(=O)O. The minimum Gasteiger partial charge on any atom is -0.477 e. The highest BCUT2D eigenvalue weighted by atomic mass is 32.2. The Labute approximate surface area is 247 Å². The van der Waals surface area contributed by atoms with Crippen LogP contribution in [0.15, 0.2) is 29.2 Å². The first kappa shape index (κ1) is 29.8. The van der Waals surface area contributed by atoms with Gasteiger partial charge in [-0.1, -0.05) is 23.5 Å². The lowest BCUT2D eigenvalue weighted by Crippen LogP contribution is -2.45. The van der Waals surface area contributed by atoms with Gasteiger partial charge in [0.25, 0.3) is 0 Å². The maximum absolute atomic E-state index is 13.1. The average molecular weight is 616 g/mol. The Balaban J connectivity index is 1.37. The maximum atomic E-state index is 13.1.